The van der Waals surface area contributed by atoms with Gasteiger partial charge in [0.2, 0.25) is 0 Å². The molecule has 0 aromatic heterocycles. The summed E-state index contributed by atoms with van der Waals surface area (Å²) < 4.78 is 0. The van der Waals surface area contributed by atoms with Gasteiger partial charge in [-0.15, -0.1) is 0 Å². The second-order valence-electron chi connectivity index (χ2n) is 4.45. The second-order valence-corrected chi connectivity index (χ2v) is 4.45. The summed E-state index contributed by atoms with van der Waals surface area (Å²) in [7, 11) is 0. The monoisotopic (exact) mass is 276 g/mol. The van der Waals surface area contributed by atoms with Gasteiger partial charge in [-0.25, -0.2) is 14.6 Å². The number of carbonyl (C=O) groups is 2. The number of carboxylic acids is 2. The van der Waals surface area contributed by atoms with Crippen LogP contribution in [-0.4, -0.2) is 34.9 Å². The topological polar surface area (TPSA) is 93.1 Å². The summed E-state index contributed by atoms with van der Waals surface area (Å²) in [4.78, 5) is 30.8. The van der Waals surface area contributed by atoms with Crippen molar-refractivity contribution in [3.05, 3.63) is 0 Å². The minimum atomic E-state index is -1.01. The lowest BCUT2D eigenvalue weighted by atomic mass is 10.1. The van der Waals surface area contributed by atoms with E-state index in [2.05, 4.69) is 0 Å². The minimum Gasteiger partial charge on any atom is -0.481 e. The van der Waals surface area contributed by atoms with E-state index < -0.39 is 18.0 Å². The van der Waals surface area contributed by atoms with E-state index in [4.69, 9.17) is 20.0 Å². The van der Waals surface area contributed by atoms with Crippen LogP contribution in [0.1, 0.15) is 58.3 Å². The smallest absolute Gasteiger partial charge is 0.336 e. The highest BCUT2D eigenvalue weighted by atomic mass is 17.2. The summed E-state index contributed by atoms with van der Waals surface area (Å²) in [5.74, 6) is -1.78. The number of aliphatic carboxylic acids is 2. The maximum absolute atomic E-state index is 10.9. The molecule has 0 aliphatic heterocycles. The Morgan fingerprint density at radius 2 is 1.68 bits per heavy atom. The first-order valence-electron chi connectivity index (χ1n) is 6.80. The van der Waals surface area contributed by atoms with E-state index in [9.17, 15) is 9.59 Å². The van der Waals surface area contributed by atoms with Crippen LogP contribution in [-0.2, 0) is 19.4 Å². The van der Waals surface area contributed by atoms with Crippen LogP contribution in [0, 0.1) is 0 Å². The minimum absolute atomic E-state index is 0.200. The maximum Gasteiger partial charge on any atom is 0.336 e. The molecule has 0 aromatic rings. The van der Waals surface area contributed by atoms with Crippen molar-refractivity contribution in [3.63, 3.8) is 0 Å². The van der Waals surface area contributed by atoms with Crippen LogP contribution in [0.3, 0.4) is 0 Å². The molecule has 0 aliphatic rings. The maximum atomic E-state index is 10.9. The molecule has 1 unspecified atom stereocenters. The van der Waals surface area contributed by atoms with Crippen LogP contribution in [0.5, 0.6) is 0 Å². The number of unbranched alkanes of at least 4 members (excludes halogenated alkanes) is 4. The number of hydrogen-bond acceptors (Lipinski definition) is 4. The Morgan fingerprint density at radius 3 is 2.26 bits per heavy atom. The van der Waals surface area contributed by atoms with Crippen LogP contribution in [0.25, 0.3) is 0 Å². The van der Waals surface area contributed by atoms with Gasteiger partial charge < -0.3 is 10.2 Å². The zero-order chi connectivity index (χ0) is 14.5. The van der Waals surface area contributed by atoms with E-state index in [0.717, 1.165) is 32.1 Å². The van der Waals surface area contributed by atoms with E-state index in [1.165, 1.54) is 0 Å². The van der Waals surface area contributed by atoms with E-state index in [1.54, 1.807) is 0 Å². The quantitative estimate of drug-likeness (QED) is 0.305. The molecule has 1 atom stereocenters. The Hall–Kier alpha value is -1.14. The van der Waals surface area contributed by atoms with E-state index in [-0.39, 0.29) is 6.42 Å². The molecule has 6 nitrogen and oxygen atoms in total. The van der Waals surface area contributed by atoms with Crippen molar-refractivity contribution in [3.8, 4) is 0 Å². The second kappa shape index (κ2) is 11.9. The summed E-state index contributed by atoms with van der Waals surface area (Å²) in [5.41, 5.74) is 0. The third-order valence-corrected chi connectivity index (χ3v) is 2.60. The summed E-state index contributed by atoms with van der Waals surface area (Å²) in [6.45, 7) is 2.30. The molecular formula is C13H24O6. The number of hydrogen-bond donors (Lipinski definition) is 2. The van der Waals surface area contributed by atoms with Crippen molar-refractivity contribution >= 4 is 11.9 Å². The fourth-order valence-corrected chi connectivity index (χ4v) is 1.56. The van der Waals surface area contributed by atoms with Gasteiger partial charge in [0.05, 0.1) is 6.61 Å². The van der Waals surface area contributed by atoms with Gasteiger partial charge in [-0.05, 0) is 19.3 Å². The molecule has 19 heavy (non-hydrogen) atoms. The van der Waals surface area contributed by atoms with E-state index in [1.807, 2.05) is 6.92 Å². The average molecular weight is 276 g/mol. The Balaban J connectivity index is 3.53. The van der Waals surface area contributed by atoms with Crippen LogP contribution >= 0.6 is 0 Å². The molecule has 0 heterocycles. The highest BCUT2D eigenvalue weighted by Crippen LogP contribution is 2.11. The Kier molecular flexibility index (Phi) is 11.2. The lowest BCUT2D eigenvalue weighted by Crippen LogP contribution is -2.24. The average Bonchev–Trinajstić information content (AvgIpc) is 2.34. The molecule has 0 aromatic carbocycles. The van der Waals surface area contributed by atoms with Crippen LogP contribution < -0.4 is 0 Å². The molecule has 0 spiro atoms. The van der Waals surface area contributed by atoms with Crippen molar-refractivity contribution in [1.29, 1.82) is 0 Å². The fraction of sp³-hybridized carbons (Fsp3) is 0.846. The van der Waals surface area contributed by atoms with Gasteiger partial charge in [-0.3, -0.25) is 4.79 Å². The molecule has 0 saturated heterocycles. The van der Waals surface area contributed by atoms with Gasteiger partial charge in [0.25, 0.3) is 0 Å². The van der Waals surface area contributed by atoms with Gasteiger partial charge >= 0.3 is 11.9 Å². The third-order valence-electron chi connectivity index (χ3n) is 2.60. The first kappa shape index (κ1) is 17.9. The van der Waals surface area contributed by atoms with Crippen molar-refractivity contribution in [1.82, 2.24) is 0 Å². The first-order valence-corrected chi connectivity index (χ1v) is 6.80. The molecule has 0 aliphatic carbocycles. The number of rotatable bonds is 13. The van der Waals surface area contributed by atoms with E-state index in [0.29, 0.717) is 19.4 Å². The predicted molar refractivity (Wildman–Crippen MR) is 68.7 cm³/mol. The number of carboxylic acid groups (broad SMARTS) is 2. The zero-order valence-electron chi connectivity index (χ0n) is 11.5. The lowest BCUT2D eigenvalue weighted by Gasteiger charge is -2.11. The Labute approximate surface area is 113 Å². The van der Waals surface area contributed by atoms with Gasteiger partial charge in [-0.2, -0.15) is 0 Å². The molecule has 0 fully saturated rings. The fourth-order valence-electron chi connectivity index (χ4n) is 1.56. The summed E-state index contributed by atoms with van der Waals surface area (Å²) in [6, 6.07) is 0. The summed E-state index contributed by atoms with van der Waals surface area (Å²) in [6.07, 6.45) is 4.53. The third kappa shape index (κ3) is 11.7. The molecule has 0 amide bonds. The predicted octanol–water partition coefficient (Wildman–Crippen LogP) is 2.61. The van der Waals surface area contributed by atoms with Crippen molar-refractivity contribution in [2.24, 2.45) is 0 Å². The first-order chi connectivity index (χ1) is 9.07. The van der Waals surface area contributed by atoms with Gasteiger partial charge in [0, 0.05) is 6.42 Å². The van der Waals surface area contributed by atoms with Gasteiger partial charge in [0.1, 0.15) is 0 Å². The summed E-state index contributed by atoms with van der Waals surface area (Å²) >= 11 is 0. The molecule has 2 N–H and O–H groups in total. The largest absolute Gasteiger partial charge is 0.481 e. The van der Waals surface area contributed by atoms with Crippen LogP contribution in [0.15, 0.2) is 0 Å². The molecule has 0 rings (SSSR count). The zero-order valence-corrected chi connectivity index (χ0v) is 11.5. The standard InChI is InChI=1S/C13H24O6/c1-2-10-18-19-11(13(16)17)8-6-4-3-5-7-9-12(14)15/h11H,2-10H2,1H3,(H,14,15)(H,16,17). The van der Waals surface area contributed by atoms with Gasteiger partial charge in [-0.1, -0.05) is 32.6 Å². The summed E-state index contributed by atoms with van der Waals surface area (Å²) in [5, 5.41) is 17.4. The highest BCUT2D eigenvalue weighted by molar-refractivity contribution is 5.72. The van der Waals surface area contributed by atoms with E-state index >= 15 is 0 Å². The highest BCUT2D eigenvalue weighted by Gasteiger charge is 2.18. The molecule has 0 saturated carbocycles. The van der Waals surface area contributed by atoms with Gasteiger partial charge in [0.15, 0.2) is 6.10 Å². The Morgan fingerprint density at radius 1 is 1.05 bits per heavy atom. The lowest BCUT2D eigenvalue weighted by molar-refractivity contribution is -0.320. The van der Waals surface area contributed by atoms with Crippen molar-refractivity contribution < 1.29 is 29.6 Å². The van der Waals surface area contributed by atoms with Crippen molar-refractivity contribution in [2.45, 2.75) is 64.4 Å². The Bertz CT molecular complexity index is 254. The SMILES string of the molecule is CCCOOC(CCCCCCCC(=O)O)C(=O)O. The van der Waals surface area contributed by atoms with Crippen LogP contribution in [0.4, 0.5) is 0 Å². The normalized spacial score (nSPS) is 12.3. The van der Waals surface area contributed by atoms with Crippen molar-refractivity contribution in [2.75, 3.05) is 6.61 Å². The molecule has 0 radical (unpaired) electrons. The molecule has 0 bridgehead atoms. The molecular weight excluding hydrogens is 252 g/mol. The van der Waals surface area contributed by atoms with Crippen LogP contribution in [0.2, 0.25) is 0 Å². The molecule has 6 heteroatoms. The molecule has 112 valence electrons.